The molecule has 0 radical (unpaired) electrons. The van der Waals surface area contributed by atoms with E-state index < -0.39 is 5.41 Å². The highest BCUT2D eigenvalue weighted by Gasteiger charge is 2.53. The summed E-state index contributed by atoms with van der Waals surface area (Å²) in [5.41, 5.74) is 8.75. The van der Waals surface area contributed by atoms with E-state index in [-0.39, 0.29) is 5.91 Å². The van der Waals surface area contributed by atoms with Gasteiger partial charge in [-0.15, -0.1) is 0 Å². The number of amides is 1. The van der Waals surface area contributed by atoms with Crippen LogP contribution in [-0.4, -0.2) is 20.9 Å². The monoisotopic (exact) mass is 395 g/mol. The van der Waals surface area contributed by atoms with Crippen molar-refractivity contribution < 1.29 is 4.79 Å². The van der Waals surface area contributed by atoms with Gasteiger partial charge in [0.1, 0.15) is 17.1 Å². The Balaban J connectivity index is 1.67. The number of rotatable bonds is 6. The van der Waals surface area contributed by atoms with E-state index in [4.69, 9.17) is 15.7 Å². The maximum Gasteiger partial charge on any atom is 0.231 e. The lowest BCUT2D eigenvalue weighted by Crippen LogP contribution is -2.30. The van der Waals surface area contributed by atoms with Crippen molar-refractivity contribution in [3.8, 4) is 11.1 Å². The Bertz CT molecular complexity index is 1220. The Labute approximate surface area is 174 Å². The minimum absolute atomic E-state index is 0.364. The third-order valence-corrected chi connectivity index (χ3v) is 5.62. The number of pyridine rings is 1. The Kier molecular flexibility index (Phi) is 4.39. The Hall–Kier alpha value is -3.80. The van der Waals surface area contributed by atoms with E-state index >= 15 is 0 Å². The molecule has 0 saturated heterocycles. The van der Waals surface area contributed by atoms with Gasteiger partial charge in [-0.25, -0.2) is 9.97 Å². The molecule has 2 heterocycles. The van der Waals surface area contributed by atoms with Gasteiger partial charge in [-0.05, 0) is 42.2 Å². The molecule has 0 unspecified atom stereocenters. The molecule has 1 saturated carbocycles. The number of carbonyl (C=O) groups excluding carboxylic acids is 1. The van der Waals surface area contributed by atoms with E-state index in [1.54, 1.807) is 6.20 Å². The molecule has 0 aliphatic heterocycles. The number of nitrogens with one attached hydrogen (secondary N) is 1. The summed E-state index contributed by atoms with van der Waals surface area (Å²) in [6, 6.07) is 21.9. The van der Waals surface area contributed by atoms with Crippen LogP contribution >= 0.6 is 0 Å². The van der Waals surface area contributed by atoms with Crippen molar-refractivity contribution in [2.45, 2.75) is 24.8 Å². The molecule has 148 valence electrons. The molecule has 0 spiro atoms. The highest BCUT2D eigenvalue weighted by molar-refractivity contribution is 6.02. The summed E-state index contributed by atoms with van der Waals surface area (Å²) in [5.74, 6) is 0.820. The fourth-order valence-electron chi connectivity index (χ4n) is 3.77. The summed E-state index contributed by atoms with van der Waals surface area (Å²) in [5, 5.41) is 4.35. The van der Waals surface area contributed by atoms with Crippen LogP contribution in [0.2, 0.25) is 0 Å². The first-order chi connectivity index (χ1) is 14.7. The number of nitrogens with two attached hydrogens (primary N) is 1. The van der Waals surface area contributed by atoms with Gasteiger partial charge in [-0.2, -0.15) is 0 Å². The van der Waals surface area contributed by atoms with E-state index in [2.05, 4.69) is 28.5 Å². The van der Waals surface area contributed by atoms with Crippen molar-refractivity contribution in [3.63, 3.8) is 0 Å². The molecular weight excluding hydrogens is 374 g/mol. The number of fused-ring (bicyclic) bond motifs is 1. The zero-order valence-corrected chi connectivity index (χ0v) is 16.4. The molecular formula is C24H21N5O. The van der Waals surface area contributed by atoms with Crippen molar-refractivity contribution >= 4 is 22.6 Å². The first kappa shape index (κ1) is 18.2. The number of nitrogens with zero attached hydrogens (tertiary/aromatic N) is 3. The molecule has 30 heavy (non-hydrogen) atoms. The average Bonchev–Trinajstić information content (AvgIpc) is 3.60. The largest absolute Gasteiger partial charge is 0.369 e. The van der Waals surface area contributed by atoms with Crippen molar-refractivity contribution in [2.24, 2.45) is 5.73 Å². The zero-order chi connectivity index (χ0) is 20.6. The lowest BCUT2D eigenvalue weighted by atomic mass is 9.99. The van der Waals surface area contributed by atoms with Crippen LogP contribution in [0.25, 0.3) is 22.0 Å². The molecule has 1 aliphatic rings. The normalized spacial score (nSPS) is 14.4. The second-order valence-electron chi connectivity index (χ2n) is 7.58. The topological polar surface area (TPSA) is 93.8 Å². The van der Waals surface area contributed by atoms with E-state index in [1.807, 2.05) is 48.5 Å². The minimum Gasteiger partial charge on any atom is -0.369 e. The summed E-state index contributed by atoms with van der Waals surface area (Å²) < 4.78 is 0. The maximum absolute atomic E-state index is 12.1. The first-order valence-electron chi connectivity index (χ1n) is 9.98. The predicted octanol–water partition coefficient (Wildman–Crippen LogP) is 3.82. The summed E-state index contributed by atoms with van der Waals surface area (Å²) in [6.45, 7) is 0.513. The van der Waals surface area contributed by atoms with Crippen LogP contribution in [0.3, 0.4) is 0 Å². The molecule has 1 amide bonds. The van der Waals surface area contributed by atoms with E-state index in [9.17, 15) is 4.79 Å². The Morgan fingerprint density at radius 1 is 0.967 bits per heavy atom. The van der Waals surface area contributed by atoms with Crippen LogP contribution in [0.4, 0.5) is 5.82 Å². The minimum atomic E-state index is -0.752. The fraction of sp³-hybridized carbons (Fsp3) is 0.167. The molecule has 0 atom stereocenters. The quantitative estimate of drug-likeness (QED) is 0.518. The number of anilines is 1. The van der Waals surface area contributed by atoms with Crippen molar-refractivity contribution in [1.82, 2.24) is 15.0 Å². The molecule has 4 aromatic rings. The summed E-state index contributed by atoms with van der Waals surface area (Å²) in [6.07, 6.45) is 3.14. The van der Waals surface area contributed by atoms with Gasteiger partial charge >= 0.3 is 0 Å². The van der Waals surface area contributed by atoms with Crippen LogP contribution in [0.1, 0.15) is 24.4 Å². The second-order valence-corrected chi connectivity index (χ2v) is 7.58. The SMILES string of the molecule is NC(=O)C1(c2nc(NCc3ccccn3)c3c(-c4ccccc4)cccc3n2)CC1. The molecule has 0 bridgehead atoms. The number of hydrogen-bond acceptors (Lipinski definition) is 5. The van der Waals surface area contributed by atoms with Crippen LogP contribution < -0.4 is 11.1 Å². The van der Waals surface area contributed by atoms with Gasteiger partial charge < -0.3 is 11.1 Å². The average molecular weight is 395 g/mol. The summed E-state index contributed by atoms with van der Waals surface area (Å²) in [4.78, 5) is 26.1. The van der Waals surface area contributed by atoms with E-state index in [1.165, 1.54) is 0 Å². The van der Waals surface area contributed by atoms with Crippen molar-refractivity contribution in [2.75, 3.05) is 5.32 Å². The van der Waals surface area contributed by atoms with E-state index in [0.717, 1.165) is 27.7 Å². The highest BCUT2D eigenvalue weighted by Crippen LogP contribution is 2.47. The Morgan fingerprint density at radius 3 is 2.47 bits per heavy atom. The van der Waals surface area contributed by atoms with Crippen LogP contribution in [-0.2, 0) is 16.8 Å². The van der Waals surface area contributed by atoms with Crippen molar-refractivity contribution in [1.29, 1.82) is 0 Å². The van der Waals surface area contributed by atoms with E-state index in [0.29, 0.717) is 31.0 Å². The molecule has 2 aromatic carbocycles. The van der Waals surface area contributed by atoms with Crippen molar-refractivity contribution in [3.05, 3.63) is 84.4 Å². The van der Waals surface area contributed by atoms with Crippen LogP contribution in [0, 0.1) is 0 Å². The zero-order valence-electron chi connectivity index (χ0n) is 16.4. The number of aromatic nitrogens is 3. The summed E-state index contributed by atoms with van der Waals surface area (Å²) in [7, 11) is 0. The molecule has 2 aromatic heterocycles. The van der Waals surface area contributed by atoms with Crippen LogP contribution in [0.5, 0.6) is 0 Å². The number of primary amides is 1. The lowest BCUT2D eigenvalue weighted by molar-refractivity contribution is -0.120. The third-order valence-electron chi connectivity index (χ3n) is 5.62. The number of carbonyl (C=O) groups is 1. The Morgan fingerprint density at radius 2 is 1.77 bits per heavy atom. The molecule has 1 aliphatic carbocycles. The predicted molar refractivity (Wildman–Crippen MR) is 117 cm³/mol. The smallest absolute Gasteiger partial charge is 0.231 e. The van der Waals surface area contributed by atoms with Gasteiger partial charge in [0, 0.05) is 6.20 Å². The molecule has 5 rings (SSSR count). The molecule has 6 nitrogen and oxygen atoms in total. The fourth-order valence-corrected chi connectivity index (χ4v) is 3.77. The number of benzene rings is 2. The molecule has 6 heteroatoms. The standard InChI is InChI=1S/C24H21N5O/c25-22(30)24(12-13-24)23-28-19-11-6-10-18(16-7-2-1-3-8-16)20(19)21(29-23)27-15-17-9-4-5-14-26-17/h1-11,14H,12-13,15H2,(H2,25,30)(H,27,28,29). The highest BCUT2D eigenvalue weighted by atomic mass is 16.1. The van der Waals surface area contributed by atoms with Gasteiger partial charge in [0.2, 0.25) is 5.91 Å². The maximum atomic E-state index is 12.1. The van der Waals surface area contributed by atoms with Gasteiger partial charge in [0.25, 0.3) is 0 Å². The van der Waals surface area contributed by atoms with Gasteiger partial charge in [0.05, 0.1) is 23.1 Å². The van der Waals surface area contributed by atoms with Gasteiger partial charge in [-0.3, -0.25) is 9.78 Å². The van der Waals surface area contributed by atoms with Crippen LogP contribution in [0.15, 0.2) is 72.9 Å². The van der Waals surface area contributed by atoms with Gasteiger partial charge in [-0.1, -0.05) is 48.5 Å². The second kappa shape index (κ2) is 7.22. The first-order valence-corrected chi connectivity index (χ1v) is 9.98. The summed E-state index contributed by atoms with van der Waals surface area (Å²) >= 11 is 0. The van der Waals surface area contributed by atoms with Gasteiger partial charge in [0.15, 0.2) is 0 Å². The third kappa shape index (κ3) is 3.16. The molecule has 3 N–H and O–H groups in total. The lowest BCUT2D eigenvalue weighted by Gasteiger charge is -2.17. The number of hydrogen-bond donors (Lipinski definition) is 2. The molecule has 1 fully saturated rings.